The molecule has 0 atom stereocenters. The highest BCUT2D eigenvalue weighted by Crippen LogP contribution is 2.26. The van der Waals surface area contributed by atoms with Gasteiger partial charge in [0.05, 0.1) is 18.5 Å². The molecule has 20 heavy (non-hydrogen) atoms. The second-order valence-electron chi connectivity index (χ2n) is 4.53. The van der Waals surface area contributed by atoms with E-state index in [1.165, 1.54) is 0 Å². The number of aromatic nitrogens is 2. The quantitative estimate of drug-likeness (QED) is 0.791. The van der Waals surface area contributed by atoms with E-state index < -0.39 is 0 Å². The molecule has 100 valence electrons. The molecule has 1 aromatic heterocycles. The van der Waals surface area contributed by atoms with Crippen molar-refractivity contribution >= 4 is 10.8 Å². The second-order valence-corrected chi connectivity index (χ2v) is 4.53. The average Bonchev–Trinajstić information content (AvgIpc) is 2.54. The summed E-state index contributed by atoms with van der Waals surface area (Å²) in [5, 5.41) is 2.29. The van der Waals surface area contributed by atoms with Crippen LogP contribution in [0.5, 0.6) is 5.75 Å². The summed E-state index contributed by atoms with van der Waals surface area (Å²) in [5.74, 6) is 0.859. The van der Waals surface area contributed by atoms with Crippen LogP contribution in [0.3, 0.4) is 0 Å². The van der Waals surface area contributed by atoms with Crippen molar-refractivity contribution in [2.24, 2.45) is 5.73 Å². The summed E-state index contributed by atoms with van der Waals surface area (Å²) in [5.41, 5.74) is 8.40. The summed E-state index contributed by atoms with van der Waals surface area (Å²) in [7, 11) is 1.67. The Kier molecular flexibility index (Phi) is 3.31. The molecule has 1 heterocycles. The van der Waals surface area contributed by atoms with Crippen LogP contribution in [0.1, 0.15) is 5.69 Å². The molecule has 0 bridgehead atoms. The molecule has 0 fully saturated rings. The number of nitrogens with zero attached hydrogens (tertiary/aromatic N) is 2. The van der Waals surface area contributed by atoms with Gasteiger partial charge in [-0.1, -0.05) is 18.2 Å². The smallest absolute Gasteiger partial charge is 0.119 e. The number of nitrogens with two attached hydrogens (primary N) is 1. The van der Waals surface area contributed by atoms with Gasteiger partial charge in [-0.2, -0.15) is 0 Å². The van der Waals surface area contributed by atoms with Crippen molar-refractivity contribution in [2.45, 2.75) is 6.54 Å². The average molecular weight is 265 g/mol. The van der Waals surface area contributed by atoms with E-state index >= 15 is 0 Å². The Morgan fingerprint density at radius 3 is 2.60 bits per heavy atom. The molecule has 0 aliphatic rings. The molecule has 0 saturated carbocycles. The molecule has 4 nitrogen and oxygen atoms in total. The van der Waals surface area contributed by atoms with E-state index in [2.05, 4.69) is 22.1 Å². The third-order valence-electron chi connectivity index (χ3n) is 3.28. The van der Waals surface area contributed by atoms with Crippen LogP contribution in [-0.4, -0.2) is 17.1 Å². The maximum atomic E-state index is 5.62. The molecule has 3 rings (SSSR count). The molecule has 0 amide bonds. The van der Waals surface area contributed by atoms with Crippen LogP contribution in [0.15, 0.2) is 48.8 Å². The minimum Gasteiger partial charge on any atom is -0.497 e. The van der Waals surface area contributed by atoms with Crippen molar-refractivity contribution in [2.75, 3.05) is 7.11 Å². The predicted octanol–water partition coefficient (Wildman–Crippen LogP) is 2.76. The maximum absolute atomic E-state index is 5.62. The summed E-state index contributed by atoms with van der Waals surface area (Å²) in [6.45, 7) is 0.417. The minimum absolute atomic E-state index is 0.417. The zero-order chi connectivity index (χ0) is 13.9. The van der Waals surface area contributed by atoms with Gasteiger partial charge in [0.15, 0.2) is 0 Å². The zero-order valence-electron chi connectivity index (χ0n) is 11.2. The lowest BCUT2D eigenvalue weighted by Crippen LogP contribution is -2.00. The maximum Gasteiger partial charge on any atom is 0.119 e. The van der Waals surface area contributed by atoms with Gasteiger partial charge in [0.1, 0.15) is 12.1 Å². The van der Waals surface area contributed by atoms with Gasteiger partial charge in [0, 0.05) is 12.1 Å². The Balaban J connectivity index is 2.08. The Bertz CT molecular complexity index is 756. The summed E-state index contributed by atoms with van der Waals surface area (Å²) in [6, 6.07) is 14.2. The van der Waals surface area contributed by atoms with E-state index in [1.54, 1.807) is 13.4 Å². The molecule has 2 aromatic carbocycles. The van der Waals surface area contributed by atoms with Crippen LogP contribution < -0.4 is 10.5 Å². The van der Waals surface area contributed by atoms with Gasteiger partial charge in [0.25, 0.3) is 0 Å². The van der Waals surface area contributed by atoms with E-state index in [4.69, 9.17) is 10.5 Å². The van der Waals surface area contributed by atoms with Gasteiger partial charge in [-0.05, 0) is 35.0 Å². The Hall–Kier alpha value is -2.46. The lowest BCUT2D eigenvalue weighted by molar-refractivity contribution is 0.415. The summed E-state index contributed by atoms with van der Waals surface area (Å²) >= 11 is 0. The molecule has 4 heteroatoms. The monoisotopic (exact) mass is 265 g/mol. The SMILES string of the molecule is COc1ccc2cc(-c3cc(CN)ncn3)ccc2c1. The molecule has 0 aliphatic carbocycles. The van der Waals surface area contributed by atoms with Crippen molar-refractivity contribution < 1.29 is 4.74 Å². The molecular weight excluding hydrogens is 250 g/mol. The number of fused-ring (bicyclic) bond motifs is 1. The van der Waals surface area contributed by atoms with Gasteiger partial charge in [-0.3, -0.25) is 0 Å². The topological polar surface area (TPSA) is 61.0 Å². The first-order chi connectivity index (χ1) is 9.80. The number of ether oxygens (including phenoxy) is 1. The Morgan fingerprint density at radius 2 is 1.80 bits per heavy atom. The van der Waals surface area contributed by atoms with E-state index in [-0.39, 0.29) is 0 Å². The van der Waals surface area contributed by atoms with Crippen LogP contribution in [-0.2, 0) is 6.54 Å². The molecule has 0 unspecified atom stereocenters. The lowest BCUT2D eigenvalue weighted by atomic mass is 10.0. The lowest BCUT2D eigenvalue weighted by Gasteiger charge is -2.06. The highest BCUT2D eigenvalue weighted by atomic mass is 16.5. The highest BCUT2D eigenvalue weighted by Gasteiger charge is 2.03. The van der Waals surface area contributed by atoms with Crippen molar-refractivity contribution in [3.63, 3.8) is 0 Å². The molecule has 0 saturated heterocycles. The van der Waals surface area contributed by atoms with E-state index in [1.807, 2.05) is 30.3 Å². The number of rotatable bonds is 3. The van der Waals surface area contributed by atoms with E-state index in [0.29, 0.717) is 6.54 Å². The first-order valence-electron chi connectivity index (χ1n) is 6.39. The van der Waals surface area contributed by atoms with Crippen LogP contribution in [0.25, 0.3) is 22.0 Å². The number of benzene rings is 2. The minimum atomic E-state index is 0.417. The van der Waals surface area contributed by atoms with Gasteiger partial charge in [-0.25, -0.2) is 9.97 Å². The third kappa shape index (κ3) is 2.33. The van der Waals surface area contributed by atoms with Crippen LogP contribution in [0, 0.1) is 0 Å². The molecule has 0 spiro atoms. The third-order valence-corrected chi connectivity index (χ3v) is 3.28. The Morgan fingerprint density at radius 1 is 1.00 bits per heavy atom. The van der Waals surface area contributed by atoms with Crippen molar-refractivity contribution in [3.05, 3.63) is 54.5 Å². The standard InChI is InChI=1S/C16H15N3O/c1-20-15-5-4-11-6-13(3-2-12(11)7-15)16-8-14(9-17)18-10-19-16/h2-8,10H,9,17H2,1H3. The fourth-order valence-corrected chi connectivity index (χ4v) is 2.18. The van der Waals surface area contributed by atoms with Crippen LogP contribution in [0.2, 0.25) is 0 Å². The van der Waals surface area contributed by atoms with Crippen LogP contribution in [0.4, 0.5) is 0 Å². The second kappa shape index (κ2) is 5.27. The van der Waals surface area contributed by atoms with Crippen molar-refractivity contribution in [3.8, 4) is 17.0 Å². The van der Waals surface area contributed by atoms with Crippen LogP contribution >= 0.6 is 0 Å². The first-order valence-corrected chi connectivity index (χ1v) is 6.39. The van der Waals surface area contributed by atoms with Gasteiger partial charge >= 0.3 is 0 Å². The largest absolute Gasteiger partial charge is 0.497 e. The van der Waals surface area contributed by atoms with Crippen molar-refractivity contribution in [1.29, 1.82) is 0 Å². The fraction of sp³-hybridized carbons (Fsp3) is 0.125. The molecular formula is C16H15N3O. The van der Waals surface area contributed by atoms with Gasteiger partial charge in [-0.15, -0.1) is 0 Å². The van der Waals surface area contributed by atoms with Crippen molar-refractivity contribution in [1.82, 2.24) is 9.97 Å². The first kappa shape index (κ1) is 12.6. The molecule has 0 radical (unpaired) electrons. The zero-order valence-corrected chi connectivity index (χ0v) is 11.2. The van der Waals surface area contributed by atoms with Gasteiger partial charge in [0.2, 0.25) is 0 Å². The number of hydrogen-bond donors (Lipinski definition) is 1. The van der Waals surface area contributed by atoms with E-state index in [9.17, 15) is 0 Å². The normalized spacial score (nSPS) is 10.7. The molecule has 0 aliphatic heterocycles. The number of hydrogen-bond acceptors (Lipinski definition) is 4. The predicted molar refractivity (Wildman–Crippen MR) is 79.4 cm³/mol. The van der Waals surface area contributed by atoms with Gasteiger partial charge < -0.3 is 10.5 Å². The molecule has 2 N–H and O–H groups in total. The summed E-state index contributed by atoms with van der Waals surface area (Å²) < 4.78 is 5.23. The molecule has 3 aromatic rings. The summed E-state index contributed by atoms with van der Waals surface area (Å²) in [4.78, 5) is 8.42. The van der Waals surface area contributed by atoms with E-state index in [0.717, 1.165) is 33.5 Å². The number of methoxy groups -OCH3 is 1. The Labute approximate surface area is 117 Å². The fourth-order valence-electron chi connectivity index (χ4n) is 2.18. The highest BCUT2D eigenvalue weighted by molar-refractivity contribution is 5.87. The summed E-state index contributed by atoms with van der Waals surface area (Å²) in [6.07, 6.45) is 1.55.